The molecule has 1 aliphatic carbocycles. The highest BCUT2D eigenvalue weighted by molar-refractivity contribution is 5.77. The van der Waals surface area contributed by atoms with Gasteiger partial charge in [-0.2, -0.15) is 0 Å². The molecule has 2 aromatic carbocycles. The molecule has 2 aromatic rings. The molecule has 14 heavy (non-hydrogen) atoms. The molecule has 0 aromatic heterocycles. The Hall–Kier alpha value is -1.60. The van der Waals surface area contributed by atoms with Gasteiger partial charge in [-0.25, -0.2) is 0 Å². The van der Waals surface area contributed by atoms with Gasteiger partial charge >= 0.3 is 0 Å². The van der Waals surface area contributed by atoms with Crippen LogP contribution in [0.25, 0.3) is 11.1 Å². The quantitative estimate of drug-likeness (QED) is 0.722. The molecule has 3 rings (SSSR count). The van der Waals surface area contributed by atoms with E-state index in [0.29, 0.717) is 0 Å². The molecule has 0 atom stereocenters. The summed E-state index contributed by atoms with van der Waals surface area (Å²) < 4.78 is 15.5. The van der Waals surface area contributed by atoms with Gasteiger partial charge in [0.2, 0.25) is 1.43 Å². The van der Waals surface area contributed by atoms with Crippen LogP contribution in [0.5, 0.6) is 0 Å². The van der Waals surface area contributed by atoms with Crippen LogP contribution in [0, 0.1) is 0 Å². The van der Waals surface area contributed by atoms with Crippen LogP contribution in [0.3, 0.4) is 0 Å². The molecule has 68 valence electrons. The van der Waals surface area contributed by atoms with Gasteiger partial charge in [0, 0.05) is 0 Å². The van der Waals surface area contributed by atoms with E-state index >= 15 is 0 Å². The van der Waals surface area contributed by atoms with E-state index in [9.17, 15) is 0 Å². The van der Waals surface area contributed by atoms with Gasteiger partial charge in [0.1, 0.15) is 6.08 Å². The maximum atomic E-state index is 8.28. The van der Waals surface area contributed by atoms with Crippen LogP contribution in [0.2, 0.25) is 0 Å². The lowest BCUT2D eigenvalue weighted by Crippen LogP contribution is -1.92. The van der Waals surface area contributed by atoms with Crippen LogP contribution >= 0.6 is 0 Å². The fourth-order valence-corrected chi connectivity index (χ4v) is 1.98. The van der Waals surface area contributed by atoms with Gasteiger partial charge in [0.15, 0.2) is 0 Å². The molecule has 0 unspecified atom stereocenters. The number of benzene rings is 2. The first kappa shape index (κ1) is 5.99. The van der Waals surface area contributed by atoms with E-state index in [0.717, 1.165) is 22.3 Å². The standard InChI is InChI=1S/C13H10O/c14-13-11-7-3-1-5-9(11)10-6-2-4-8-12(10)13/h1-8,13-14H/i13D,14D. The second-order valence-electron chi connectivity index (χ2n) is 3.42. The molecule has 1 nitrogen and oxygen atoms in total. The van der Waals surface area contributed by atoms with E-state index in [2.05, 4.69) is 5.11 Å². The Balaban J connectivity index is 2.39. The van der Waals surface area contributed by atoms with Crippen molar-refractivity contribution >= 4 is 0 Å². The summed E-state index contributed by atoms with van der Waals surface area (Å²) in [6, 6.07) is 15.2. The van der Waals surface area contributed by atoms with Crippen molar-refractivity contribution in [2.45, 2.75) is 6.08 Å². The lowest BCUT2D eigenvalue weighted by molar-refractivity contribution is 0.225. The summed E-state index contributed by atoms with van der Waals surface area (Å²) in [6.07, 6.45) is -1.38. The normalized spacial score (nSPS) is 18.0. The Morgan fingerprint density at radius 1 is 0.929 bits per heavy atom. The minimum atomic E-state index is -1.38. The Kier molecular flexibility index (Phi) is 1.15. The van der Waals surface area contributed by atoms with Crippen LogP contribution in [-0.4, -0.2) is 6.54 Å². The van der Waals surface area contributed by atoms with Crippen molar-refractivity contribution in [2.75, 3.05) is 0 Å². The minimum absolute atomic E-state index is 0.742. The fourth-order valence-electron chi connectivity index (χ4n) is 1.98. The minimum Gasteiger partial charge on any atom is -0.384 e. The first-order chi connectivity index (χ1) is 7.77. The third kappa shape index (κ3) is 0.875. The molecule has 1 aliphatic rings. The number of hydrogen-bond acceptors (Lipinski definition) is 1. The molecular formula is C13H10O. The van der Waals surface area contributed by atoms with Gasteiger partial charge < -0.3 is 5.11 Å². The molecule has 1 heteroatoms. The molecule has 0 saturated heterocycles. The van der Waals surface area contributed by atoms with Gasteiger partial charge in [-0.3, -0.25) is 0 Å². The Bertz CT molecular complexity index is 506. The van der Waals surface area contributed by atoms with Gasteiger partial charge in [-0.15, -0.1) is 0 Å². The Labute approximate surface area is 85.5 Å². The summed E-state index contributed by atoms with van der Waals surface area (Å²) in [7, 11) is 0. The second kappa shape index (κ2) is 2.69. The lowest BCUT2D eigenvalue weighted by Gasteiger charge is -2.03. The van der Waals surface area contributed by atoms with Crippen molar-refractivity contribution in [1.82, 2.24) is 0 Å². The zero-order valence-electron chi connectivity index (χ0n) is 9.53. The van der Waals surface area contributed by atoms with E-state index in [-0.39, 0.29) is 0 Å². The summed E-state index contributed by atoms with van der Waals surface area (Å²) >= 11 is 0. The maximum absolute atomic E-state index is 8.28. The summed E-state index contributed by atoms with van der Waals surface area (Å²) in [5.41, 5.74) is 3.46. The van der Waals surface area contributed by atoms with Crippen molar-refractivity contribution in [3.05, 3.63) is 59.7 Å². The molecule has 0 aliphatic heterocycles. The predicted octanol–water partition coefficient (Wildman–Crippen LogP) is 2.75. The highest BCUT2D eigenvalue weighted by atomic mass is 16.3. The van der Waals surface area contributed by atoms with E-state index in [1.165, 1.54) is 0 Å². The number of aliphatic hydroxyl groups is 1. The number of fused-ring (bicyclic) bond motifs is 3. The summed E-state index contributed by atoms with van der Waals surface area (Å²) in [4.78, 5) is 0. The molecule has 0 spiro atoms. The van der Waals surface area contributed by atoms with Crippen LogP contribution < -0.4 is 0 Å². The molecular weight excluding hydrogens is 172 g/mol. The highest BCUT2D eigenvalue weighted by Crippen LogP contribution is 2.42. The molecule has 0 amide bonds. The van der Waals surface area contributed by atoms with Gasteiger partial charge in [-0.05, 0) is 22.3 Å². The van der Waals surface area contributed by atoms with E-state index < -0.39 is 6.08 Å². The van der Waals surface area contributed by atoms with Crippen LogP contribution in [0.1, 0.15) is 18.6 Å². The Morgan fingerprint density at radius 2 is 1.43 bits per heavy atom. The summed E-state index contributed by atoms with van der Waals surface area (Å²) in [5, 5.41) is 4.67. The van der Waals surface area contributed by atoms with Crippen LogP contribution in [0.4, 0.5) is 0 Å². The zero-order valence-corrected chi connectivity index (χ0v) is 7.53. The number of rotatable bonds is 1. The van der Waals surface area contributed by atoms with Crippen LogP contribution in [0.15, 0.2) is 48.5 Å². The third-order valence-electron chi connectivity index (χ3n) is 2.63. The largest absolute Gasteiger partial charge is 0.384 e. The second-order valence-corrected chi connectivity index (χ2v) is 3.42. The highest BCUT2D eigenvalue weighted by Gasteiger charge is 2.25. The first-order valence-corrected chi connectivity index (χ1v) is 4.61. The molecule has 0 radical (unpaired) electrons. The average molecular weight is 184 g/mol. The van der Waals surface area contributed by atoms with Gasteiger partial charge in [0.05, 0.1) is 1.37 Å². The molecule has 0 saturated carbocycles. The lowest BCUT2D eigenvalue weighted by atomic mass is 10.1. The molecule has 0 bridgehead atoms. The van der Waals surface area contributed by atoms with E-state index in [4.69, 9.17) is 2.80 Å². The molecule has 0 heterocycles. The van der Waals surface area contributed by atoms with Crippen molar-refractivity contribution < 1.29 is 6.48 Å². The third-order valence-corrected chi connectivity index (χ3v) is 2.63. The molecule has 1 N–H and O–H groups in total. The topological polar surface area (TPSA) is 20.2 Å². The first-order valence-electron chi connectivity index (χ1n) is 5.52. The SMILES string of the molecule is [2H]OC1([2H])c2ccccc2-c2ccccc21. The van der Waals surface area contributed by atoms with Crippen molar-refractivity contribution in [2.24, 2.45) is 0 Å². The van der Waals surface area contributed by atoms with Crippen molar-refractivity contribution in [3.8, 4) is 11.1 Å². The summed E-state index contributed by atoms with van der Waals surface area (Å²) in [5.74, 6) is 0. The predicted molar refractivity (Wildman–Crippen MR) is 55.9 cm³/mol. The van der Waals surface area contributed by atoms with Crippen LogP contribution in [-0.2, 0) is 0 Å². The maximum Gasteiger partial charge on any atom is 0.211 e. The van der Waals surface area contributed by atoms with E-state index in [1.807, 2.05) is 48.5 Å². The van der Waals surface area contributed by atoms with Gasteiger partial charge in [0.25, 0.3) is 0 Å². The summed E-state index contributed by atoms with van der Waals surface area (Å²) in [6.45, 7) is 0. The van der Waals surface area contributed by atoms with E-state index in [1.54, 1.807) is 0 Å². The zero-order chi connectivity index (χ0) is 11.2. The number of hydrogen-bond donors (Lipinski definition) is 1. The average Bonchev–Trinajstić information content (AvgIpc) is 2.62. The fraction of sp³-hybridized carbons (Fsp3) is 0.0769. The van der Waals surface area contributed by atoms with Gasteiger partial charge in [-0.1, -0.05) is 48.5 Å². The molecule has 0 fully saturated rings. The van der Waals surface area contributed by atoms with Crippen molar-refractivity contribution in [1.29, 1.82) is 1.43 Å². The Morgan fingerprint density at radius 3 is 1.93 bits per heavy atom. The smallest absolute Gasteiger partial charge is 0.211 e. The monoisotopic (exact) mass is 184 g/mol. The van der Waals surface area contributed by atoms with Crippen molar-refractivity contribution in [3.63, 3.8) is 0 Å².